The van der Waals surface area contributed by atoms with Crippen molar-refractivity contribution in [1.29, 1.82) is 0 Å². The summed E-state index contributed by atoms with van der Waals surface area (Å²) in [5.41, 5.74) is 1.62. The number of amides is 1. The second-order valence-corrected chi connectivity index (χ2v) is 5.03. The van der Waals surface area contributed by atoms with Gasteiger partial charge in [-0.05, 0) is 30.3 Å². The van der Waals surface area contributed by atoms with Crippen LogP contribution in [0.3, 0.4) is 0 Å². The number of pyridine rings is 1. The first-order valence-corrected chi connectivity index (χ1v) is 7.15. The Kier molecular flexibility index (Phi) is 4.47. The first-order valence-electron chi connectivity index (χ1n) is 7.15. The molecule has 2 aromatic carbocycles. The Bertz CT molecular complexity index is 869. The molecule has 1 amide bonds. The van der Waals surface area contributed by atoms with Gasteiger partial charge in [-0.3, -0.25) is 9.78 Å². The van der Waals surface area contributed by atoms with Crippen molar-refractivity contribution in [2.24, 2.45) is 0 Å². The number of anilines is 3. The number of benzene rings is 2. The monoisotopic (exact) mass is 325 g/mol. The van der Waals surface area contributed by atoms with Crippen molar-refractivity contribution in [3.05, 3.63) is 84.2 Å². The molecular formula is C18H13F2N3O. The first kappa shape index (κ1) is 15.6. The number of hydrogen-bond donors (Lipinski definition) is 2. The first-order chi connectivity index (χ1) is 11.6. The van der Waals surface area contributed by atoms with Crippen molar-refractivity contribution in [2.75, 3.05) is 10.6 Å². The van der Waals surface area contributed by atoms with E-state index in [1.165, 1.54) is 12.3 Å². The van der Waals surface area contributed by atoms with Crippen LogP contribution in [-0.2, 0) is 0 Å². The van der Waals surface area contributed by atoms with Gasteiger partial charge < -0.3 is 10.6 Å². The van der Waals surface area contributed by atoms with Crippen LogP contribution in [0.4, 0.5) is 25.8 Å². The van der Waals surface area contributed by atoms with E-state index in [1.807, 2.05) is 30.3 Å². The highest BCUT2D eigenvalue weighted by molar-refractivity contribution is 6.04. The Hall–Kier alpha value is -3.28. The molecule has 1 heterocycles. The fourth-order valence-electron chi connectivity index (χ4n) is 2.11. The second-order valence-electron chi connectivity index (χ2n) is 5.03. The zero-order chi connectivity index (χ0) is 16.9. The van der Waals surface area contributed by atoms with Crippen LogP contribution in [0.25, 0.3) is 0 Å². The van der Waals surface area contributed by atoms with Crippen LogP contribution in [0, 0.1) is 11.6 Å². The molecule has 0 saturated heterocycles. The molecule has 0 fully saturated rings. The summed E-state index contributed by atoms with van der Waals surface area (Å²) in [5, 5.41) is 5.51. The highest BCUT2D eigenvalue weighted by atomic mass is 19.1. The zero-order valence-electron chi connectivity index (χ0n) is 12.5. The Morgan fingerprint density at radius 1 is 0.917 bits per heavy atom. The molecule has 1 aromatic heterocycles. The number of halogens is 2. The van der Waals surface area contributed by atoms with Crippen LogP contribution in [0.2, 0.25) is 0 Å². The van der Waals surface area contributed by atoms with E-state index in [-0.39, 0.29) is 11.3 Å². The van der Waals surface area contributed by atoms with Gasteiger partial charge in [0.2, 0.25) is 0 Å². The maximum atomic E-state index is 13.6. The molecule has 0 atom stereocenters. The van der Waals surface area contributed by atoms with Crippen molar-refractivity contribution in [3.63, 3.8) is 0 Å². The van der Waals surface area contributed by atoms with Gasteiger partial charge in [0.1, 0.15) is 11.6 Å². The van der Waals surface area contributed by atoms with E-state index < -0.39 is 17.5 Å². The lowest BCUT2D eigenvalue weighted by molar-refractivity contribution is 0.102. The molecule has 3 rings (SSSR count). The van der Waals surface area contributed by atoms with E-state index in [1.54, 1.807) is 12.3 Å². The summed E-state index contributed by atoms with van der Waals surface area (Å²) in [6.45, 7) is 0. The molecule has 24 heavy (non-hydrogen) atoms. The van der Waals surface area contributed by atoms with Crippen LogP contribution in [-0.4, -0.2) is 10.9 Å². The third-order valence-corrected chi connectivity index (χ3v) is 3.24. The molecule has 0 aliphatic carbocycles. The number of aromatic nitrogens is 1. The second kappa shape index (κ2) is 6.87. The van der Waals surface area contributed by atoms with Crippen molar-refractivity contribution < 1.29 is 13.6 Å². The lowest BCUT2D eigenvalue weighted by Gasteiger charge is -2.09. The van der Waals surface area contributed by atoms with Gasteiger partial charge in [0.25, 0.3) is 5.91 Å². The molecule has 0 spiro atoms. The van der Waals surface area contributed by atoms with E-state index in [2.05, 4.69) is 15.6 Å². The van der Waals surface area contributed by atoms with E-state index >= 15 is 0 Å². The van der Waals surface area contributed by atoms with Crippen LogP contribution in [0.1, 0.15) is 10.4 Å². The molecule has 0 radical (unpaired) electrons. The van der Waals surface area contributed by atoms with Crippen molar-refractivity contribution in [1.82, 2.24) is 4.98 Å². The molecule has 4 nitrogen and oxygen atoms in total. The van der Waals surface area contributed by atoms with E-state index in [0.717, 1.165) is 11.8 Å². The average Bonchev–Trinajstić information content (AvgIpc) is 2.58. The third-order valence-electron chi connectivity index (χ3n) is 3.24. The molecule has 3 aromatic rings. The molecule has 0 bridgehead atoms. The van der Waals surface area contributed by atoms with Crippen LogP contribution in [0.5, 0.6) is 0 Å². The van der Waals surface area contributed by atoms with Crippen LogP contribution < -0.4 is 10.6 Å². The summed E-state index contributed by atoms with van der Waals surface area (Å²) in [5.74, 6) is -2.08. The van der Waals surface area contributed by atoms with Crippen molar-refractivity contribution in [3.8, 4) is 0 Å². The van der Waals surface area contributed by atoms with Gasteiger partial charge in [0.15, 0.2) is 0 Å². The Morgan fingerprint density at radius 2 is 1.71 bits per heavy atom. The minimum Gasteiger partial charge on any atom is -0.354 e. The molecular weight excluding hydrogens is 312 g/mol. The standard InChI is InChI=1S/C18H13F2N3O/c19-13-6-7-17(16(20)9-13)23-18(24)12-8-15(11-21-10-12)22-14-4-2-1-3-5-14/h1-11,22H,(H,23,24). The summed E-state index contributed by atoms with van der Waals surface area (Å²) in [6.07, 6.45) is 2.94. The molecule has 0 saturated carbocycles. The van der Waals surface area contributed by atoms with Gasteiger partial charge in [-0.2, -0.15) is 0 Å². The Labute approximate surface area is 137 Å². The predicted molar refractivity (Wildman–Crippen MR) is 88.3 cm³/mol. The number of para-hydroxylation sites is 1. The topological polar surface area (TPSA) is 54.0 Å². The zero-order valence-corrected chi connectivity index (χ0v) is 12.5. The van der Waals surface area contributed by atoms with Gasteiger partial charge in [-0.15, -0.1) is 0 Å². The summed E-state index contributed by atoms with van der Waals surface area (Å²) in [7, 11) is 0. The quantitative estimate of drug-likeness (QED) is 0.749. The maximum Gasteiger partial charge on any atom is 0.257 e. The molecule has 0 aliphatic heterocycles. The maximum absolute atomic E-state index is 13.6. The molecule has 120 valence electrons. The number of carbonyl (C=O) groups is 1. The highest BCUT2D eigenvalue weighted by Crippen LogP contribution is 2.19. The lowest BCUT2D eigenvalue weighted by Crippen LogP contribution is -2.13. The molecule has 2 N–H and O–H groups in total. The summed E-state index contributed by atoms with van der Waals surface area (Å²) in [4.78, 5) is 16.2. The van der Waals surface area contributed by atoms with E-state index in [0.29, 0.717) is 11.8 Å². The number of carbonyl (C=O) groups excluding carboxylic acids is 1. The van der Waals surface area contributed by atoms with Gasteiger partial charge in [-0.25, -0.2) is 8.78 Å². The Morgan fingerprint density at radius 3 is 2.46 bits per heavy atom. The average molecular weight is 325 g/mol. The third kappa shape index (κ3) is 3.73. The largest absolute Gasteiger partial charge is 0.354 e. The summed E-state index contributed by atoms with van der Waals surface area (Å²) >= 11 is 0. The normalized spacial score (nSPS) is 10.2. The minimum atomic E-state index is -0.838. The molecule has 0 aliphatic rings. The lowest BCUT2D eigenvalue weighted by atomic mass is 10.2. The van der Waals surface area contributed by atoms with Gasteiger partial charge in [0, 0.05) is 18.0 Å². The molecule has 0 unspecified atom stereocenters. The fraction of sp³-hybridized carbons (Fsp3) is 0. The summed E-state index contributed by atoms with van der Waals surface area (Å²) in [6, 6.07) is 13.9. The predicted octanol–water partition coefficient (Wildman–Crippen LogP) is 4.36. The molecule has 6 heteroatoms. The number of rotatable bonds is 4. The Balaban J connectivity index is 1.77. The minimum absolute atomic E-state index is 0.0946. The summed E-state index contributed by atoms with van der Waals surface area (Å²) < 4.78 is 26.5. The smallest absolute Gasteiger partial charge is 0.257 e. The van der Waals surface area contributed by atoms with Crippen LogP contribution >= 0.6 is 0 Å². The number of nitrogens with one attached hydrogen (secondary N) is 2. The van der Waals surface area contributed by atoms with Crippen molar-refractivity contribution >= 4 is 23.0 Å². The highest BCUT2D eigenvalue weighted by Gasteiger charge is 2.11. The van der Waals surface area contributed by atoms with E-state index in [9.17, 15) is 13.6 Å². The van der Waals surface area contributed by atoms with E-state index in [4.69, 9.17) is 0 Å². The number of nitrogens with zero attached hydrogens (tertiary/aromatic N) is 1. The van der Waals surface area contributed by atoms with Crippen molar-refractivity contribution in [2.45, 2.75) is 0 Å². The SMILES string of the molecule is O=C(Nc1ccc(F)cc1F)c1cncc(Nc2ccccc2)c1. The number of hydrogen-bond acceptors (Lipinski definition) is 3. The van der Waals surface area contributed by atoms with Gasteiger partial charge in [0.05, 0.1) is 23.1 Å². The fourth-order valence-corrected chi connectivity index (χ4v) is 2.11. The van der Waals surface area contributed by atoms with Gasteiger partial charge in [-0.1, -0.05) is 18.2 Å². The van der Waals surface area contributed by atoms with Crippen LogP contribution in [0.15, 0.2) is 67.0 Å². The van der Waals surface area contributed by atoms with Gasteiger partial charge >= 0.3 is 0 Å².